The molecule has 36 heavy (non-hydrogen) atoms. The van der Waals surface area contributed by atoms with E-state index in [0.717, 1.165) is 32.3 Å². The molecule has 4 amide bonds. The van der Waals surface area contributed by atoms with Crippen molar-refractivity contribution in [3.63, 3.8) is 0 Å². The van der Waals surface area contributed by atoms with Crippen LogP contribution in [-0.4, -0.2) is 29.4 Å². The highest BCUT2D eigenvalue weighted by atomic mass is 32.1. The van der Waals surface area contributed by atoms with E-state index in [9.17, 15) is 14.4 Å². The number of hydrogen-bond donors (Lipinski definition) is 5. The SMILES string of the molecule is Cc1cccc(NC(=O)Nc2ccc(-c3csc4c(C=CC(=O)NCC(N)=O)cnc(N)c34)cc2)c1. The highest BCUT2D eigenvalue weighted by Gasteiger charge is 2.14. The molecule has 2 aromatic carbocycles. The molecule has 0 unspecified atom stereocenters. The normalized spacial score (nSPS) is 10.9. The molecule has 2 heterocycles. The zero-order chi connectivity index (χ0) is 25.7. The van der Waals surface area contributed by atoms with Gasteiger partial charge in [-0.2, -0.15) is 0 Å². The van der Waals surface area contributed by atoms with Gasteiger partial charge in [-0.15, -0.1) is 11.3 Å². The van der Waals surface area contributed by atoms with Gasteiger partial charge in [-0.1, -0.05) is 24.3 Å². The maximum atomic E-state index is 12.3. The Labute approximate surface area is 211 Å². The first-order valence-corrected chi connectivity index (χ1v) is 11.8. The second-order valence-electron chi connectivity index (χ2n) is 8.00. The van der Waals surface area contributed by atoms with Crippen LogP contribution in [0.15, 0.2) is 66.2 Å². The fraction of sp³-hybridized carbons (Fsp3) is 0.0769. The number of nitrogen functional groups attached to an aromatic ring is 1. The smallest absolute Gasteiger partial charge is 0.323 e. The summed E-state index contributed by atoms with van der Waals surface area (Å²) in [6.45, 7) is 1.72. The number of benzene rings is 2. The van der Waals surface area contributed by atoms with E-state index < -0.39 is 11.8 Å². The van der Waals surface area contributed by atoms with E-state index in [2.05, 4.69) is 20.9 Å². The Morgan fingerprint density at radius 2 is 1.81 bits per heavy atom. The average molecular weight is 501 g/mol. The summed E-state index contributed by atoms with van der Waals surface area (Å²) in [5.74, 6) is -0.689. The predicted molar refractivity (Wildman–Crippen MR) is 145 cm³/mol. The van der Waals surface area contributed by atoms with Gasteiger partial charge in [0.25, 0.3) is 0 Å². The first-order chi connectivity index (χ1) is 17.3. The number of carbonyl (C=O) groups excluding carboxylic acids is 3. The Balaban J connectivity index is 1.51. The van der Waals surface area contributed by atoms with Crippen molar-refractivity contribution in [1.29, 1.82) is 0 Å². The molecular formula is C26H24N6O3S. The summed E-state index contributed by atoms with van der Waals surface area (Å²) in [6, 6.07) is 14.6. The zero-order valence-electron chi connectivity index (χ0n) is 19.4. The van der Waals surface area contributed by atoms with Crippen LogP contribution in [0.25, 0.3) is 27.3 Å². The Morgan fingerprint density at radius 3 is 2.53 bits per heavy atom. The number of nitrogens with one attached hydrogen (secondary N) is 3. The lowest BCUT2D eigenvalue weighted by Gasteiger charge is -2.09. The molecule has 4 aromatic rings. The Morgan fingerprint density at radius 1 is 1.06 bits per heavy atom. The molecule has 0 fully saturated rings. The van der Waals surface area contributed by atoms with E-state index in [1.54, 1.807) is 12.3 Å². The van der Waals surface area contributed by atoms with Crippen LogP contribution in [0.2, 0.25) is 0 Å². The first kappa shape index (κ1) is 24.4. The summed E-state index contributed by atoms with van der Waals surface area (Å²) in [5, 5.41) is 10.8. The number of anilines is 3. The Hall–Kier alpha value is -4.70. The molecule has 2 aromatic heterocycles. The number of nitrogens with two attached hydrogens (primary N) is 2. The average Bonchev–Trinajstić information content (AvgIpc) is 3.29. The minimum absolute atomic E-state index is 0.236. The van der Waals surface area contributed by atoms with Gasteiger partial charge in [0.2, 0.25) is 11.8 Å². The second kappa shape index (κ2) is 10.7. The lowest BCUT2D eigenvalue weighted by molar-refractivity contribution is -0.122. The fourth-order valence-electron chi connectivity index (χ4n) is 3.57. The summed E-state index contributed by atoms with van der Waals surface area (Å²) in [6.07, 6.45) is 4.53. The van der Waals surface area contributed by atoms with Crippen molar-refractivity contribution >= 4 is 62.5 Å². The lowest BCUT2D eigenvalue weighted by atomic mass is 10.0. The molecule has 9 nitrogen and oxygen atoms in total. The molecular weight excluding hydrogens is 476 g/mol. The molecule has 0 atom stereocenters. The summed E-state index contributed by atoms with van der Waals surface area (Å²) in [5.41, 5.74) is 16.2. The number of primary amides is 1. The number of hydrogen-bond acceptors (Lipinski definition) is 6. The molecule has 10 heteroatoms. The summed E-state index contributed by atoms with van der Waals surface area (Å²) >= 11 is 1.48. The number of pyridine rings is 1. The summed E-state index contributed by atoms with van der Waals surface area (Å²) in [7, 11) is 0. The van der Waals surface area contributed by atoms with Gasteiger partial charge in [0.1, 0.15) is 5.82 Å². The molecule has 0 aliphatic carbocycles. The van der Waals surface area contributed by atoms with E-state index in [-0.39, 0.29) is 12.6 Å². The van der Waals surface area contributed by atoms with Gasteiger partial charge in [0.05, 0.1) is 6.54 Å². The van der Waals surface area contributed by atoms with Crippen LogP contribution in [-0.2, 0) is 9.59 Å². The molecule has 7 N–H and O–H groups in total. The van der Waals surface area contributed by atoms with Crippen LogP contribution in [0, 0.1) is 6.92 Å². The largest absolute Gasteiger partial charge is 0.383 e. The van der Waals surface area contributed by atoms with Gasteiger partial charge in [-0.3, -0.25) is 9.59 Å². The maximum absolute atomic E-state index is 12.3. The standard InChI is InChI=1S/C26H24N6O3S/c1-15-3-2-4-19(11-15)32-26(35)31-18-8-5-16(6-9-18)20-14-36-24-17(12-30-25(28)23(20)24)7-10-22(34)29-13-21(27)33/h2-12,14H,13H2,1H3,(H2,27,33)(H2,28,30)(H,29,34)(H2,31,32,35). The summed E-state index contributed by atoms with van der Waals surface area (Å²) < 4.78 is 0.871. The van der Waals surface area contributed by atoms with E-state index >= 15 is 0 Å². The molecule has 0 aliphatic heterocycles. The molecule has 0 aliphatic rings. The van der Waals surface area contributed by atoms with E-state index in [4.69, 9.17) is 11.5 Å². The van der Waals surface area contributed by atoms with Crippen LogP contribution < -0.4 is 27.4 Å². The number of urea groups is 1. The molecule has 0 saturated heterocycles. The highest BCUT2D eigenvalue weighted by Crippen LogP contribution is 2.39. The number of rotatable bonds is 7. The van der Waals surface area contributed by atoms with Gasteiger partial charge < -0.3 is 27.4 Å². The van der Waals surface area contributed by atoms with Crippen molar-refractivity contribution < 1.29 is 14.4 Å². The Kier molecular flexibility index (Phi) is 7.26. The van der Waals surface area contributed by atoms with Crippen molar-refractivity contribution in [1.82, 2.24) is 10.3 Å². The number of fused-ring (bicyclic) bond motifs is 1. The van der Waals surface area contributed by atoms with Crippen molar-refractivity contribution in [2.75, 3.05) is 22.9 Å². The van der Waals surface area contributed by atoms with Gasteiger partial charge in [-0.05, 0) is 53.8 Å². The third-order valence-electron chi connectivity index (χ3n) is 5.23. The van der Waals surface area contributed by atoms with Crippen LogP contribution >= 0.6 is 11.3 Å². The monoisotopic (exact) mass is 500 g/mol. The third kappa shape index (κ3) is 5.86. The second-order valence-corrected chi connectivity index (χ2v) is 8.88. The van der Waals surface area contributed by atoms with Crippen LogP contribution in [0.5, 0.6) is 0 Å². The molecule has 0 spiro atoms. The molecule has 0 radical (unpaired) electrons. The van der Waals surface area contributed by atoms with Crippen LogP contribution in [0.3, 0.4) is 0 Å². The van der Waals surface area contributed by atoms with Gasteiger partial charge >= 0.3 is 6.03 Å². The fourth-order valence-corrected chi connectivity index (χ4v) is 4.64. The zero-order valence-corrected chi connectivity index (χ0v) is 20.2. The first-order valence-electron chi connectivity index (χ1n) is 10.9. The van der Waals surface area contributed by atoms with Crippen molar-refractivity contribution in [3.05, 3.63) is 77.3 Å². The maximum Gasteiger partial charge on any atom is 0.323 e. The van der Waals surface area contributed by atoms with Gasteiger partial charge in [0.15, 0.2) is 0 Å². The number of carbonyl (C=O) groups is 3. The molecule has 4 rings (SSSR count). The van der Waals surface area contributed by atoms with Crippen molar-refractivity contribution in [2.45, 2.75) is 6.92 Å². The van der Waals surface area contributed by atoms with Crippen molar-refractivity contribution in [2.24, 2.45) is 5.73 Å². The van der Waals surface area contributed by atoms with Crippen LogP contribution in [0.1, 0.15) is 11.1 Å². The van der Waals surface area contributed by atoms with Crippen molar-refractivity contribution in [3.8, 4) is 11.1 Å². The third-order valence-corrected chi connectivity index (χ3v) is 6.26. The highest BCUT2D eigenvalue weighted by molar-refractivity contribution is 7.18. The predicted octanol–water partition coefficient (Wildman–Crippen LogP) is 4.11. The number of amides is 4. The van der Waals surface area contributed by atoms with Gasteiger partial charge in [0, 0.05) is 44.9 Å². The topological polar surface area (TPSA) is 152 Å². The molecule has 0 bridgehead atoms. The molecule has 0 saturated carbocycles. The number of nitrogens with zero attached hydrogens (tertiary/aromatic N) is 1. The molecule has 182 valence electrons. The van der Waals surface area contributed by atoms with E-state index in [0.29, 0.717) is 17.2 Å². The lowest BCUT2D eigenvalue weighted by Crippen LogP contribution is -2.32. The quantitative estimate of drug-likeness (QED) is 0.242. The van der Waals surface area contributed by atoms with Gasteiger partial charge in [-0.25, -0.2) is 9.78 Å². The van der Waals surface area contributed by atoms with E-state index in [1.165, 1.54) is 17.4 Å². The van der Waals surface area contributed by atoms with E-state index in [1.807, 2.05) is 60.8 Å². The number of thiophene rings is 1. The minimum atomic E-state index is -0.621. The minimum Gasteiger partial charge on any atom is -0.383 e. The Bertz CT molecular complexity index is 1480. The summed E-state index contributed by atoms with van der Waals surface area (Å²) in [4.78, 5) is 39.3. The number of aromatic nitrogens is 1. The van der Waals surface area contributed by atoms with Crippen LogP contribution in [0.4, 0.5) is 22.0 Å². The number of aryl methyl sites for hydroxylation is 1.